The lowest BCUT2D eigenvalue weighted by Crippen LogP contribution is -2.46. The zero-order valence-electron chi connectivity index (χ0n) is 11.0. The van der Waals surface area contributed by atoms with E-state index in [0.717, 1.165) is 5.56 Å². The Morgan fingerprint density at radius 1 is 1.47 bits per heavy atom. The van der Waals surface area contributed by atoms with Gasteiger partial charge in [0.25, 0.3) is 0 Å². The van der Waals surface area contributed by atoms with Crippen molar-refractivity contribution in [3.63, 3.8) is 0 Å². The molecule has 1 atom stereocenters. The molecule has 0 fully saturated rings. The maximum atomic E-state index is 13.2. The molecule has 1 aromatic carbocycles. The van der Waals surface area contributed by atoms with E-state index in [1.807, 2.05) is 6.92 Å². The second-order valence-corrected chi connectivity index (χ2v) is 4.56. The minimum atomic E-state index is -0.869. The number of nitrogens with zero attached hydrogens (tertiary/aromatic N) is 1. The Morgan fingerprint density at radius 3 is 2.89 bits per heavy atom. The number of rotatable bonds is 1. The second kappa shape index (κ2) is 5.38. The molecule has 4 nitrogen and oxygen atoms in total. The molecule has 2 rings (SSSR count). The van der Waals surface area contributed by atoms with E-state index in [0.29, 0.717) is 18.5 Å². The van der Waals surface area contributed by atoms with E-state index in [4.69, 9.17) is 4.74 Å². The molecule has 0 aliphatic carbocycles. The normalized spacial score (nSPS) is 17.8. The second-order valence-electron chi connectivity index (χ2n) is 4.56. The van der Waals surface area contributed by atoms with E-state index in [1.165, 1.54) is 23.1 Å². The molecule has 1 aromatic rings. The first-order valence-electron chi connectivity index (χ1n) is 6.33. The summed E-state index contributed by atoms with van der Waals surface area (Å²) in [5.41, 5.74) is 1.34. The molecule has 5 heteroatoms. The third kappa shape index (κ3) is 2.59. The van der Waals surface area contributed by atoms with Crippen molar-refractivity contribution < 1.29 is 18.7 Å². The molecule has 0 saturated carbocycles. The van der Waals surface area contributed by atoms with E-state index in [2.05, 4.69) is 0 Å². The van der Waals surface area contributed by atoms with Crippen LogP contribution in [0.5, 0.6) is 0 Å². The quantitative estimate of drug-likeness (QED) is 0.577. The molecular formula is C14H16FNO3. The smallest absolute Gasteiger partial charge is 0.397 e. The van der Waals surface area contributed by atoms with Crippen LogP contribution in [0.2, 0.25) is 0 Å². The zero-order valence-corrected chi connectivity index (χ0v) is 11.0. The number of carbonyl (C=O) groups excluding carboxylic acids is 2. The summed E-state index contributed by atoms with van der Waals surface area (Å²) in [6.45, 7) is 3.67. The molecule has 0 aromatic heterocycles. The molecule has 0 N–H and O–H groups in total. The van der Waals surface area contributed by atoms with Crippen molar-refractivity contribution in [2.45, 2.75) is 32.7 Å². The summed E-state index contributed by atoms with van der Waals surface area (Å²) in [5.74, 6) is -1.90. The number of amides is 1. The van der Waals surface area contributed by atoms with Crippen LogP contribution in [0.3, 0.4) is 0 Å². The Kier molecular flexibility index (Phi) is 3.83. The van der Waals surface area contributed by atoms with Crippen LogP contribution in [-0.4, -0.2) is 24.5 Å². The fourth-order valence-corrected chi connectivity index (χ4v) is 2.32. The molecule has 0 saturated heterocycles. The van der Waals surface area contributed by atoms with Gasteiger partial charge in [-0.05, 0) is 50.5 Å². The first kappa shape index (κ1) is 13.5. The summed E-state index contributed by atoms with van der Waals surface area (Å²) in [6.07, 6.45) is 1.39. The number of aryl methyl sites for hydroxylation is 1. The molecule has 1 amide bonds. The van der Waals surface area contributed by atoms with Crippen LogP contribution in [0.4, 0.5) is 10.1 Å². The van der Waals surface area contributed by atoms with Crippen LogP contribution < -0.4 is 4.90 Å². The summed E-state index contributed by atoms with van der Waals surface area (Å²) >= 11 is 0. The van der Waals surface area contributed by atoms with Gasteiger partial charge in [-0.1, -0.05) is 0 Å². The van der Waals surface area contributed by atoms with Gasteiger partial charge < -0.3 is 4.74 Å². The van der Waals surface area contributed by atoms with Crippen molar-refractivity contribution in [2.75, 3.05) is 11.5 Å². The Balaban J connectivity index is 2.35. The van der Waals surface area contributed by atoms with Crippen molar-refractivity contribution >= 4 is 17.6 Å². The molecule has 19 heavy (non-hydrogen) atoms. The highest BCUT2D eigenvalue weighted by molar-refractivity contribution is 6.38. The van der Waals surface area contributed by atoms with Gasteiger partial charge in [0.15, 0.2) is 0 Å². The van der Waals surface area contributed by atoms with Crippen molar-refractivity contribution in [1.29, 1.82) is 0 Å². The third-order valence-corrected chi connectivity index (χ3v) is 3.24. The Labute approximate surface area is 111 Å². The molecule has 102 valence electrons. The minimum absolute atomic E-state index is 0.102. The SMILES string of the molecule is CCOC(=O)C(=O)N1c2ccc(F)cc2CC[C@H]1C. The van der Waals surface area contributed by atoms with Gasteiger partial charge in [0.1, 0.15) is 5.82 Å². The lowest BCUT2D eigenvalue weighted by atomic mass is 9.96. The highest BCUT2D eigenvalue weighted by Crippen LogP contribution is 2.31. The number of anilines is 1. The molecule has 1 aliphatic heterocycles. The summed E-state index contributed by atoms with van der Waals surface area (Å²) < 4.78 is 17.9. The number of hydrogen-bond acceptors (Lipinski definition) is 3. The fraction of sp³-hybridized carbons (Fsp3) is 0.429. The number of hydrogen-bond donors (Lipinski definition) is 0. The van der Waals surface area contributed by atoms with Gasteiger partial charge in [-0.3, -0.25) is 9.69 Å². The van der Waals surface area contributed by atoms with Gasteiger partial charge in [-0.2, -0.15) is 0 Å². The van der Waals surface area contributed by atoms with E-state index < -0.39 is 11.9 Å². The molecular weight excluding hydrogens is 249 g/mol. The zero-order chi connectivity index (χ0) is 14.0. The highest BCUT2D eigenvalue weighted by Gasteiger charge is 2.33. The molecule has 1 aliphatic rings. The van der Waals surface area contributed by atoms with Crippen molar-refractivity contribution in [3.05, 3.63) is 29.6 Å². The van der Waals surface area contributed by atoms with Crippen molar-refractivity contribution in [2.24, 2.45) is 0 Å². The van der Waals surface area contributed by atoms with Crippen LogP contribution >= 0.6 is 0 Å². The Morgan fingerprint density at radius 2 is 2.21 bits per heavy atom. The van der Waals surface area contributed by atoms with Crippen molar-refractivity contribution in [3.8, 4) is 0 Å². The first-order chi connectivity index (χ1) is 9.04. The molecule has 0 spiro atoms. The lowest BCUT2D eigenvalue weighted by Gasteiger charge is -2.34. The summed E-state index contributed by atoms with van der Waals surface area (Å²) in [7, 11) is 0. The van der Waals surface area contributed by atoms with Crippen molar-refractivity contribution in [1.82, 2.24) is 0 Å². The standard InChI is InChI=1S/C14H16FNO3/c1-3-19-14(18)13(17)16-9(2)4-5-10-8-11(15)6-7-12(10)16/h6-9H,3-5H2,1-2H3/t9-/m1/s1. The van der Waals surface area contributed by atoms with Gasteiger partial charge in [-0.15, -0.1) is 0 Å². The average Bonchev–Trinajstić information content (AvgIpc) is 2.38. The summed E-state index contributed by atoms with van der Waals surface area (Å²) in [4.78, 5) is 25.1. The molecule has 0 unspecified atom stereocenters. The maximum Gasteiger partial charge on any atom is 0.397 e. The number of benzene rings is 1. The fourth-order valence-electron chi connectivity index (χ4n) is 2.32. The Hall–Kier alpha value is -1.91. The van der Waals surface area contributed by atoms with Gasteiger partial charge in [0.05, 0.1) is 6.61 Å². The Bertz CT molecular complexity index is 515. The number of halogens is 1. The average molecular weight is 265 g/mol. The predicted molar refractivity (Wildman–Crippen MR) is 68.3 cm³/mol. The van der Waals surface area contributed by atoms with Crippen LogP contribution in [0.1, 0.15) is 25.8 Å². The van der Waals surface area contributed by atoms with Crippen LogP contribution in [-0.2, 0) is 20.7 Å². The number of carbonyl (C=O) groups is 2. The van der Waals surface area contributed by atoms with Gasteiger partial charge in [0, 0.05) is 11.7 Å². The summed E-state index contributed by atoms with van der Waals surface area (Å²) in [5, 5.41) is 0. The largest absolute Gasteiger partial charge is 0.459 e. The minimum Gasteiger partial charge on any atom is -0.459 e. The predicted octanol–water partition coefficient (Wildman–Crippen LogP) is 2.06. The summed E-state index contributed by atoms with van der Waals surface area (Å²) in [6, 6.07) is 4.14. The van der Waals surface area contributed by atoms with E-state index in [1.54, 1.807) is 6.92 Å². The third-order valence-electron chi connectivity index (χ3n) is 3.24. The van der Waals surface area contributed by atoms with E-state index in [-0.39, 0.29) is 18.5 Å². The van der Waals surface area contributed by atoms with E-state index in [9.17, 15) is 14.0 Å². The van der Waals surface area contributed by atoms with Crippen LogP contribution in [0.25, 0.3) is 0 Å². The van der Waals surface area contributed by atoms with Crippen LogP contribution in [0, 0.1) is 5.82 Å². The van der Waals surface area contributed by atoms with Crippen LogP contribution in [0.15, 0.2) is 18.2 Å². The first-order valence-corrected chi connectivity index (χ1v) is 6.33. The van der Waals surface area contributed by atoms with Gasteiger partial charge in [0.2, 0.25) is 0 Å². The number of fused-ring (bicyclic) bond motifs is 1. The molecule has 0 radical (unpaired) electrons. The monoisotopic (exact) mass is 265 g/mol. The molecule has 1 heterocycles. The number of esters is 1. The molecule has 0 bridgehead atoms. The number of ether oxygens (including phenoxy) is 1. The topological polar surface area (TPSA) is 46.6 Å². The highest BCUT2D eigenvalue weighted by atomic mass is 19.1. The van der Waals surface area contributed by atoms with Gasteiger partial charge >= 0.3 is 11.9 Å². The maximum absolute atomic E-state index is 13.2. The van der Waals surface area contributed by atoms with Gasteiger partial charge in [-0.25, -0.2) is 9.18 Å². The lowest BCUT2D eigenvalue weighted by molar-refractivity contribution is -0.153. The van der Waals surface area contributed by atoms with E-state index >= 15 is 0 Å².